The molecular formula is C15H15ClFN. The van der Waals surface area contributed by atoms with Crippen molar-refractivity contribution in [2.45, 2.75) is 18.9 Å². The van der Waals surface area contributed by atoms with E-state index in [1.807, 2.05) is 30.3 Å². The molecule has 0 heterocycles. The molecule has 0 spiro atoms. The van der Waals surface area contributed by atoms with E-state index in [1.54, 1.807) is 12.1 Å². The lowest BCUT2D eigenvalue weighted by molar-refractivity contribution is 0.586. The lowest BCUT2D eigenvalue weighted by Crippen LogP contribution is -2.11. The molecule has 0 saturated carbocycles. The summed E-state index contributed by atoms with van der Waals surface area (Å²) in [4.78, 5) is 0. The van der Waals surface area contributed by atoms with Crippen LogP contribution in [0.15, 0.2) is 48.5 Å². The third-order valence-corrected chi connectivity index (χ3v) is 3.23. The smallest absolute Gasteiger partial charge is 0.126 e. The quantitative estimate of drug-likeness (QED) is 0.883. The van der Waals surface area contributed by atoms with Crippen molar-refractivity contribution in [1.82, 2.24) is 0 Å². The lowest BCUT2D eigenvalue weighted by Gasteiger charge is -2.12. The molecule has 2 aromatic carbocycles. The van der Waals surface area contributed by atoms with E-state index >= 15 is 0 Å². The monoisotopic (exact) mass is 263 g/mol. The Kier molecular flexibility index (Phi) is 4.34. The molecule has 0 saturated heterocycles. The van der Waals surface area contributed by atoms with Crippen LogP contribution < -0.4 is 5.73 Å². The summed E-state index contributed by atoms with van der Waals surface area (Å²) in [5, 5.41) is 0.694. The van der Waals surface area contributed by atoms with Crippen molar-refractivity contribution in [3.8, 4) is 0 Å². The molecule has 1 nitrogen and oxygen atoms in total. The van der Waals surface area contributed by atoms with Gasteiger partial charge in [0, 0.05) is 11.1 Å². The summed E-state index contributed by atoms with van der Waals surface area (Å²) in [5.41, 5.74) is 7.81. The van der Waals surface area contributed by atoms with E-state index in [4.69, 9.17) is 17.3 Å². The third kappa shape index (κ3) is 3.31. The Labute approximate surface area is 111 Å². The summed E-state index contributed by atoms with van der Waals surface area (Å²) in [6.07, 6.45) is 1.35. The molecule has 0 bridgehead atoms. The topological polar surface area (TPSA) is 26.0 Å². The average Bonchev–Trinajstić information content (AvgIpc) is 2.38. The van der Waals surface area contributed by atoms with Gasteiger partial charge in [0.2, 0.25) is 0 Å². The summed E-state index contributed by atoms with van der Waals surface area (Å²) in [6, 6.07) is 14.2. The fraction of sp³-hybridized carbons (Fsp3) is 0.200. The summed E-state index contributed by atoms with van der Waals surface area (Å²) in [6.45, 7) is 0. The highest BCUT2D eigenvalue weighted by Gasteiger charge is 2.08. The highest BCUT2D eigenvalue weighted by molar-refractivity contribution is 6.30. The molecule has 0 amide bonds. The second-order valence-corrected chi connectivity index (χ2v) is 4.72. The van der Waals surface area contributed by atoms with E-state index in [-0.39, 0.29) is 11.9 Å². The summed E-state index contributed by atoms with van der Waals surface area (Å²) < 4.78 is 13.4. The van der Waals surface area contributed by atoms with Crippen molar-refractivity contribution in [2.75, 3.05) is 0 Å². The SMILES string of the molecule is NC(CCc1ccccc1F)c1ccc(Cl)cc1. The van der Waals surface area contributed by atoms with Gasteiger partial charge >= 0.3 is 0 Å². The van der Waals surface area contributed by atoms with Gasteiger partial charge in [-0.15, -0.1) is 0 Å². The molecule has 0 aliphatic rings. The van der Waals surface area contributed by atoms with Crippen molar-refractivity contribution in [1.29, 1.82) is 0 Å². The summed E-state index contributed by atoms with van der Waals surface area (Å²) in [7, 11) is 0. The normalized spacial score (nSPS) is 12.4. The molecule has 18 heavy (non-hydrogen) atoms. The third-order valence-electron chi connectivity index (χ3n) is 2.98. The molecule has 0 aliphatic carbocycles. The van der Waals surface area contributed by atoms with Crippen LogP contribution in [0.2, 0.25) is 5.02 Å². The first-order valence-corrected chi connectivity index (χ1v) is 6.29. The predicted molar refractivity (Wildman–Crippen MR) is 73.1 cm³/mol. The molecule has 94 valence electrons. The van der Waals surface area contributed by atoms with Crippen molar-refractivity contribution in [3.63, 3.8) is 0 Å². The number of benzene rings is 2. The van der Waals surface area contributed by atoms with Crippen LogP contribution in [0.3, 0.4) is 0 Å². The Morgan fingerprint density at radius 3 is 2.39 bits per heavy atom. The van der Waals surface area contributed by atoms with Crippen LogP contribution in [-0.2, 0) is 6.42 Å². The largest absolute Gasteiger partial charge is 0.324 e. The zero-order chi connectivity index (χ0) is 13.0. The van der Waals surface area contributed by atoms with Gasteiger partial charge in [-0.2, -0.15) is 0 Å². The van der Waals surface area contributed by atoms with E-state index in [2.05, 4.69) is 0 Å². The first-order valence-electron chi connectivity index (χ1n) is 5.91. The Morgan fingerprint density at radius 2 is 1.72 bits per heavy atom. The van der Waals surface area contributed by atoms with Crippen LogP contribution in [0.5, 0.6) is 0 Å². The van der Waals surface area contributed by atoms with E-state index in [9.17, 15) is 4.39 Å². The molecule has 1 unspecified atom stereocenters. The van der Waals surface area contributed by atoms with Crippen LogP contribution in [-0.4, -0.2) is 0 Å². The van der Waals surface area contributed by atoms with Crippen LogP contribution >= 0.6 is 11.6 Å². The molecule has 2 aromatic rings. The number of hydrogen-bond acceptors (Lipinski definition) is 1. The fourth-order valence-electron chi connectivity index (χ4n) is 1.89. The summed E-state index contributed by atoms with van der Waals surface area (Å²) >= 11 is 5.82. The van der Waals surface area contributed by atoms with Crippen LogP contribution in [0, 0.1) is 5.82 Å². The van der Waals surface area contributed by atoms with E-state index < -0.39 is 0 Å². The average molecular weight is 264 g/mol. The van der Waals surface area contributed by atoms with Gasteiger partial charge in [-0.1, -0.05) is 41.9 Å². The lowest BCUT2D eigenvalue weighted by atomic mass is 9.99. The Hall–Kier alpha value is -1.38. The number of rotatable bonds is 4. The number of aryl methyl sites for hydroxylation is 1. The summed E-state index contributed by atoms with van der Waals surface area (Å²) in [5.74, 6) is -0.166. The molecule has 0 aliphatic heterocycles. The zero-order valence-electron chi connectivity index (χ0n) is 9.94. The maximum absolute atomic E-state index is 13.4. The Morgan fingerprint density at radius 1 is 1.06 bits per heavy atom. The fourth-order valence-corrected chi connectivity index (χ4v) is 2.01. The van der Waals surface area contributed by atoms with Crippen LogP contribution in [0.25, 0.3) is 0 Å². The Balaban J connectivity index is 1.98. The highest BCUT2D eigenvalue weighted by atomic mass is 35.5. The molecular weight excluding hydrogens is 249 g/mol. The van der Waals surface area contributed by atoms with Gasteiger partial charge in [-0.3, -0.25) is 0 Å². The number of nitrogens with two attached hydrogens (primary N) is 1. The second kappa shape index (κ2) is 5.98. The molecule has 0 radical (unpaired) electrons. The number of halogens is 2. The van der Waals surface area contributed by atoms with Gasteiger partial charge in [0.25, 0.3) is 0 Å². The molecule has 3 heteroatoms. The van der Waals surface area contributed by atoms with Crippen molar-refractivity contribution in [2.24, 2.45) is 5.73 Å². The second-order valence-electron chi connectivity index (χ2n) is 4.29. The molecule has 0 aromatic heterocycles. The first kappa shape index (κ1) is 13.1. The van der Waals surface area contributed by atoms with Crippen LogP contribution in [0.1, 0.15) is 23.6 Å². The standard InChI is InChI=1S/C15H15ClFN/c16-13-8-5-12(6-9-13)15(18)10-7-11-3-1-2-4-14(11)17/h1-6,8-9,15H,7,10,18H2. The van der Waals surface area contributed by atoms with Gasteiger partial charge in [0.05, 0.1) is 0 Å². The minimum atomic E-state index is -0.166. The van der Waals surface area contributed by atoms with Gasteiger partial charge < -0.3 is 5.73 Å². The molecule has 2 N–H and O–H groups in total. The van der Waals surface area contributed by atoms with E-state index in [0.717, 1.165) is 5.56 Å². The van der Waals surface area contributed by atoms with Gasteiger partial charge in [0.1, 0.15) is 5.82 Å². The molecule has 1 atom stereocenters. The maximum Gasteiger partial charge on any atom is 0.126 e. The van der Waals surface area contributed by atoms with Gasteiger partial charge in [0.15, 0.2) is 0 Å². The first-order chi connectivity index (χ1) is 8.66. The van der Waals surface area contributed by atoms with Crippen LogP contribution in [0.4, 0.5) is 4.39 Å². The number of hydrogen-bond donors (Lipinski definition) is 1. The Bertz CT molecular complexity index is 510. The molecule has 0 fully saturated rings. The van der Waals surface area contributed by atoms with Gasteiger partial charge in [-0.05, 0) is 42.2 Å². The maximum atomic E-state index is 13.4. The zero-order valence-corrected chi connectivity index (χ0v) is 10.7. The van der Waals surface area contributed by atoms with Crippen molar-refractivity contribution < 1.29 is 4.39 Å². The molecule has 2 rings (SSSR count). The van der Waals surface area contributed by atoms with E-state index in [1.165, 1.54) is 6.07 Å². The minimum absolute atomic E-state index is 0.0955. The van der Waals surface area contributed by atoms with Crippen molar-refractivity contribution in [3.05, 3.63) is 70.5 Å². The van der Waals surface area contributed by atoms with Crippen molar-refractivity contribution >= 4 is 11.6 Å². The highest BCUT2D eigenvalue weighted by Crippen LogP contribution is 2.20. The minimum Gasteiger partial charge on any atom is -0.324 e. The van der Waals surface area contributed by atoms with E-state index in [0.29, 0.717) is 23.4 Å². The predicted octanol–water partition coefficient (Wildman–Crippen LogP) is 4.11. The van der Waals surface area contributed by atoms with Gasteiger partial charge in [-0.25, -0.2) is 4.39 Å².